The molecule has 216 valence electrons. The molecule has 0 spiro atoms. The molecule has 1 atom stereocenters. The van der Waals surface area contributed by atoms with Crippen LogP contribution in [0.4, 0.5) is 0 Å². The highest BCUT2D eigenvalue weighted by Gasteiger charge is 2.03. The van der Waals surface area contributed by atoms with Crippen LogP contribution in [0.25, 0.3) is 0 Å². The van der Waals surface area contributed by atoms with Crippen molar-refractivity contribution in [1.82, 2.24) is 5.32 Å². The maximum atomic E-state index is 4.28. The first kappa shape index (κ1) is 35.5. The number of rotatable bonds is 31. The molecule has 36 heavy (non-hydrogen) atoms. The molecular formula is C35H71N. The fraction of sp³-hybridized carbons (Fsp3) is 0.943. The lowest BCUT2D eigenvalue weighted by atomic mass is 10.0. The maximum absolute atomic E-state index is 4.28. The van der Waals surface area contributed by atoms with Gasteiger partial charge in [-0.1, -0.05) is 188 Å². The van der Waals surface area contributed by atoms with E-state index in [-0.39, 0.29) is 0 Å². The SMILES string of the molecule is C=C(CCCCCCCCCCCCCCC)NCC(C)CCCCCCCCCCCCCCC. The van der Waals surface area contributed by atoms with Gasteiger partial charge < -0.3 is 5.32 Å². The largest absolute Gasteiger partial charge is 0.389 e. The Labute approximate surface area is 230 Å². The fourth-order valence-electron chi connectivity index (χ4n) is 5.38. The zero-order valence-corrected chi connectivity index (χ0v) is 25.8. The van der Waals surface area contributed by atoms with Crippen molar-refractivity contribution in [3.05, 3.63) is 12.3 Å². The number of hydrogen-bond donors (Lipinski definition) is 1. The normalized spacial score (nSPS) is 12.2. The van der Waals surface area contributed by atoms with Gasteiger partial charge in [0.1, 0.15) is 0 Å². The van der Waals surface area contributed by atoms with Crippen LogP contribution in [0.15, 0.2) is 12.3 Å². The molecule has 0 fully saturated rings. The molecule has 0 aromatic rings. The molecule has 0 saturated heterocycles. The lowest BCUT2D eigenvalue weighted by Gasteiger charge is -2.15. The van der Waals surface area contributed by atoms with Crippen molar-refractivity contribution >= 4 is 0 Å². The summed E-state index contributed by atoms with van der Waals surface area (Å²) in [5, 5.41) is 3.63. The molecule has 0 aliphatic heterocycles. The lowest BCUT2D eigenvalue weighted by molar-refractivity contribution is 0.460. The van der Waals surface area contributed by atoms with Crippen LogP contribution in [-0.2, 0) is 0 Å². The van der Waals surface area contributed by atoms with Crippen LogP contribution in [0.1, 0.15) is 201 Å². The Morgan fingerprint density at radius 1 is 0.472 bits per heavy atom. The molecule has 0 heterocycles. The minimum Gasteiger partial charge on any atom is -0.389 e. The quantitative estimate of drug-likeness (QED) is 0.0923. The van der Waals surface area contributed by atoms with Crippen LogP contribution in [0, 0.1) is 5.92 Å². The third-order valence-corrected chi connectivity index (χ3v) is 8.08. The van der Waals surface area contributed by atoms with E-state index in [1.54, 1.807) is 0 Å². The highest BCUT2D eigenvalue weighted by Crippen LogP contribution is 2.16. The van der Waals surface area contributed by atoms with Crippen LogP contribution in [0.5, 0.6) is 0 Å². The number of unbranched alkanes of at least 4 members (excludes halogenated alkanes) is 24. The number of allylic oxidation sites excluding steroid dienone is 1. The van der Waals surface area contributed by atoms with Gasteiger partial charge in [0.2, 0.25) is 0 Å². The molecule has 0 amide bonds. The predicted molar refractivity (Wildman–Crippen MR) is 167 cm³/mol. The van der Waals surface area contributed by atoms with Gasteiger partial charge in [0.15, 0.2) is 0 Å². The van der Waals surface area contributed by atoms with Crippen molar-refractivity contribution in [1.29, 1.82) is 0 Å². The molecule has 1 heteroatoms. The molecular weight excluding hydrogens is 434 g/mol. The summed E-state index contributed by atoms with van der Waals surface area (Å²) in [4.78, 5) is 0. The predicted octanol–water partition coefficient (Wildman–Crippen LogP) is 12.7. The van der Waals surface area contributed by atoms with Crippen molar-refractivity contribution < 1.29 is 0 Å². The van der Waals surface area contributed by atoms with Gasteiger partial charge in [-0.15, -0.1) is 0 Å². The standard InChI is InChI=1S/C35H71N/c1-5-7-9-11-13-15-17-19-21-23-25-27-29-31-34(3)33-36-35(4)32-30-28-26-24-22-20-18-16-14-12-10-8-6-2/h34,36H,4-33H2,1-3H3. The van der Waals surface area contributed by atoms with Gasteiger partial charge in [0.25, 0.3) is 0 Å². The van der Waals surface area contributed by atoms with E-state index in [1.807, 2.05) is 0 Å². The highest BCUT2D eigenvalue weighted by atomic mass is 14.9. The van der Waals surface area contributed by atoms with Gasteiger partial charge in [-0.2, -0.15) is 0 Å². The summed E-state index contributed by atoms with van der Waals surface area (Å²) in [5.74, 6) is 0.779. The highest BCUT2D eigenvalue weighted by molar-refractivity contribution is 4.90. The second kappa shape index (κ2) is 30.8. The summed E-state index contributed by atoms with van der Waals surface area (Å²) in [6.45, 7) is 12.4. The van der Waals surface area contributed by atoms with Crippen molar-refractivity contribution in [2.45, 2.75) is 201 Å². The second-order valence-electron chi connectivity index (χ2n) is 12.1. The smallest absolute Gasteiger partial charge is 0.0169 e. The van der Waals surface area contributed by atoms with Crippen molar-refractivity contribution in [3.8, 4) is 0 Å². The average Bonchev–Trinajstić information content (AvgIpc) is 2.88. The minimum absolute atomic E-state index is 0.779. The third kappa shape index (κ3) is 29.8. The third-order valence-electron chi connectivity index (χ3n) is 8.08. The molecule has 1 N–H and O–H groups in total. The van der Waals surface area contributed by atoms with Crippen LogP contribution < -0.4 is 5.32 Å². The summed E-state index contributed by atoms with van der Waals surface area (Å²) >= 11 is 0. The van der Waals surface area contributed by atoms with Crippen LogP contribution in [0.3, 0.4) is 0 Å². The number of nitrogens with one attached hydrogen (secondary N) is 1. The summed E-state index contributed by atoms with van der Waals surface area (Å²) in [7, 11) is 0. The molecule has 0 aliphatic carbocycles. The summed E-state index contributed by atoms with van der Waals surface area (Å²) < 4.78 is 0. The zero-order valence-electron chi connectivity index (χ0n) is 25.8. The van der Waals surface area contributed by atoms with Crippen molar-refractivity contribution in [2.24, 2.45) is 5.92 Å². The molecule has 0 radical (unpaired) electrons. The first-order valence-corrected chi connectivity index (χ1v) is 17.1. The van der Waals surface area contributed by atoms with Gasteiger partial charge in [0.05, 0.1) is 0 Å². The van der Waals surface area contributed by atoms with E-state index in [2.05, 4.69) is 32.7 Å². The molecule has 0 aliphatic rings. The fourth-order valence-corrected chi connectivity index (χ4v) is 5.38. The molecule has 0 saturated carbocycles. The summed E-state index contributed by atoms with van der Waals surface area (Å²) in [5.41, 5.74) is 1.27. The maximum Gasteiger partial charge on any atom is 0.0169 e. The molecule has 0 aromatic heterocycles. The van der Waals surface area contributed by atoms with Gasteiger partial charge >= 0.3 is 0 Å². The van der Waals surface area contributed by atoms with Gasteiger partial charge in [-0.3, -0.25) is 0 Å². The Morgan fingerprint density at radius 3 is 1.14 bits per heavy atom. The van der Waals surface area contributed by atoms with E-state index in [4.69, 9.17) is 0 Å². The molecule has 1 unspecified atom stereocenters. The van der Waals surface area contributed by atoms with E-state index in [9.17, 15) is 0 Å². The Morgan fingerprint density at radius 2 is 0.778 bits per heavy atom. The van der Waals surface area contributed by atoms with E-state index in [0.717, 1.165) is 12.5 Å². The Hall–Kier alpha value is -0.460. The van der Waals surface area contributed by atoms with E-state index in [1.165, 1.54) is 185 Å². The first-order chi connectivity index (χ1) is 17.7. The molecule has 0 aromatic carbocycles. The van der Waals surface area contributed by atoms with Crippen molar-refractivity contribution in [2.75, 3.05) is 6.54 Å². The lowest BCUT2D eigenvalue weighted by Crippen LogP contribution is -2.20. The number of hydrogen-bond acceptors (Lipinski definition) is 1. The summed E-state index contributed by atoms with van der Waals surface area (Å²) in [6, 6.07) is 0. The van der Waals surface area contributed by atoms with Crippen LogP contribution in [-0.4, -0.2) is 6.54 Å². The average molecular weight is 506 g/mol. The van der Waals surface area contributed by atoms with Gasteiger partial charge in [0, 0.05) is 12.2 Å². The first-order valence-electron chi connectivity index (χ1n) is 17.1. The molecule has 1 nitrogen and oxygen atoms in total. The van der Waals surface area contributed by atoms with Gasteiger partial charge in [-0.05, 0) is 25.2 Å². The van der Waals surface area contributed by atoms with Crippen LogP contribution in [0.2, 0.25) is 0 Å². The van der Waals surface area contributed by atoms with E-state index >= 15 is 0 Å². The van der Waals surface area contributed by atoms with E-state index < -0.39 is 0 Å². The minimum atomic E-state index is 0.779. The second-order valence-corrected chi connectivity index (χ2v) is 12.1. The van der Waals surface area contributed by atoms with E-state index in [0.29, 0.717) is 0 Å². The van der Waals surface area contributed by atoms with Crippen molar-refractivity contribution in [3.63, 3.8) is 0 Å². The molecule has 0 rings (SSSR count). The topological polar surface area (TPSA) is 12.0 Å². The Bertz CT molecular complexity index is 415. The monoisotopic (exact) mass is 506 g/mol. The van der Waals surface area contributed by atoms with Gasteiger partial charge in [-0.25, -0.2) is 0 Å². The summed E-state index contributed by atoms with van der Waals surface area (Å²) in [6.07, 6.45) is 39.9. The Kier molecular flexibility index (Phi) is 30.4. The zero-order chi connectivity index (χ0) is 26.4. The van der Waals surface area contributed by atoms with Crippen LogP contribution >= 0.6 is 0 Å². The molecule has 0 bridgehead atoms. The Balaban J connectivity index is 3.27.